The zero-order chi connectivity index (χ0) is 15.0. The molecule has 106 valence electrons. The van der Waals surface area contributed by atoms with E-state index in [0.29, 0.717) is 11.1 Å². The number of rotatable bonds is 2. The number of carboxylic acids is 1. The summed E-state index contributed by atoms with van der Waals surface area (Å²) in [6, 6.07) is 11.2. The largest absolute Gasteiger partial charge is 0.481 e. The zero-order valence-corrected chi connectivity index (χ0v) is 12.4. The molecule has 0 bridgehead atoms. The minimum atomic E-state index is -0.889. The minimum Gasteiger partial charge on any atom is -0.481 e. The van der Waals surface area contributed by atoms with E-state index < -0.39 is 5.97 Å². The van der Waals surface area contributed by atoms with Gasteiger partial charge in [-0.3, -0.25) is 9.59 Å². The first-order chi connectivity index (χ1) is 10.0. The van der Waals surface area contributed by atoms with E-state index in [4.69, 9.17) is 5.11 Å². The highest BCUT2D eigenvalue weighted by Gasteiger charge is 2.22. The highest BCUT2D eigenvalue weighted by molar-refractivity contribution is 7.98. The lowest BCUT2D eigenvalue weighted by Gasteiger charge is -2.07. The molecule has 0 saturated heterocycles. The fourth-order valence-electron chi connectivity index (χ4n) is 2.53. The molecule has 21 heavy (non-hydrogen) atoms. The van der Waals surface area contributed by atoms with Crippen molar-refractivity contribution in [2.45, 2.75) is 24.0 Å². The standard InChI is InChI=1S/C17H14O3S/c1-10-2-4-13-12(6-10)9-21-15-5-3-11(8-16(18)19)7-14(15)17(13)20/h2-7H,8-9H2,1H3,(H,18,19). The summed E-state index contributed by atoms with van der Waals surface area (Å²) < 4.78 is 0. The van der Waals surface area contributed by atoms with Crippen LogP contribution in [0, 0.1) is 6.92 Å². The average Bonchev–Trinajstić information content (AvgIpc) is 2.56. The van der Waals surface area contributed by atoms with Gasteiger partial charge in [0.05, 0.1) is 6.42 Å². The van der Waals surface area contributed by atoms with Crippen molar-refractivity contribution in [1.82, 2.24) is 0 Å². The Morgan fingerprint density at radius 2 is 2.00 bits per heavy atom. The normalized spacial score (nSPS) is 13.3. The quantitative estimate of drug-likeness (QED) is 0.922. The molecular weight excluding hydrogens is 284 g/mol. The van der Waals surface area contributed by atoms with Crippen LogP contribution in [-0.2, 0) is 17.0 Å². The molecule has 0 spiro atoms. The molecule has 3 rings (SSSR count). The van der Waals surface area contributed by atoms with Crippen molar-refractivity contribution in [1.29, 1.82) is 0 Å². The van der Waals surface area contributed by atoms with Crippen molar-refractivity contribution < 1.29 is 14.7 Å². The summed E-state index contributed by atoms with van der Waals surface area (Å²) in [5.41, 5.74) is 4.17. The second kappa shape index (κ2) is 5.37. The van der Waals surface area contributed by atoms with E-state index in [0.717, 1.165) is 27.3 Å². The second-order valence-electron chi connectivity index (χ2n) is 5.18. The van der Waals surface area contributed by atoms with Gasteiger partial charge in [-0.1, -0.05) is 29.8 Å². The van der Waals surface area contributed by atoms with E-state index in [2.05, 4.69) is 0 Å². The van der Waals surface area contributed by atoms with Crippen molar-refractivity contribution in [3.63, 3.8) is 0 Å². The van der Waals surface area contributed by atoms with Crippen LogP contribution in [-0.4, -0.2) is 16.9 Å². The van der Waals surface area contributed by atoms with Gasteiger partial charge < -0.3 is 5.11 Å². The summed E-state index contributed by atoms with van der Waals surface area (Å²) in [5, 5.41) is 8.89. The number of carbonyl (C=O) groups is 2. The third-order valence-corrected chi connectivity index (χ3v) is 4.65. The third kappa shape index (κ3) is 2.72. The molecule has 2 aromatic carbocycles. The molecule has 1 N–H and O–H groups in total. The monoisotopic (exact) mass is 298 g/mol. The van der Waals surface area contributed by atoms with Crippen LogP contribution in [0.3, 0.4) is 0 Å². The maximum Gasteiger partial charge on any atom is 0.307 e. The van der Waals surface area contributed by atoms with Gasteiger partial charge in [-0.2, -0.15) is 0 Å². The van der Waals surface area contributed by atoms with Crippen LogP contribution in [0.15, 0.2) is 41.3 Å². The minimum absolute atomic E-state index is 0.0164. The summed E-state index contributed by atoms with van der Waals surface area (Å²) in [6.07, 6.45) is -0.0635. The molecule has 4 heteroatoms. The zero-order valence-electron chi connectivity index (χ0n) is 11.6. The lowest BCUT2D eigenvalue weighted by molar-refractivity contribution is -0.136. The number of hydrogen-bond donors (Lipinski definition) is 1. The SMILES string of the molecule is Cc1ccc2c(c1)CSc1ccc(CC(=O)O)cc1C2=O. The van der Waals surface area contributed by atoms with Crippen LogP contribution >= 0.6 is 11.8 Å². The first-order valence-electron chi connectivity index (χ1n) is 6.66. The van der Waals surface area contributed by atoms with Gasteiger partial charge in [-0.25, -0.2) is 0 Å². The number of hydrogen-bond acceptors (Lipinski definition) is 3. The molecule has 0 aromatic heterocycles. The smallest absolute Gasteiger partial charge is 0.307 e. The summed E-state index contributed by atoms with van der Waals surface area (Å²) >= 11 is 1.62. The molecule has 0 aliphatic carbocycles. The maximum atomic E-state index is 12.7. The Morgan fingerprint density at radius 1 is 1.19 bits per heavy atom. The van der Waals surface area contributed by atoms with Crippen LogP contribution in [0.4, 0.5) is 0 Å². The molecule has 0 unspecified atom stereocenters. The number of aliphatic carboxylic acids is 1. The molecule has 0 amide bonds. The molecule has 1 aliphatic heterocycles. The molecule has 0 atom stereocenters. The number of carbonyl (C=O) groups excluding carboxylic acids is 1. The van der Waals surface area contributed by atoms with Gasteiger partial charge in [0.25, 0.3) is 0 Å². The topological polar surface area (TPSA) is 54.4 Å². The van der Waals surface area contributed by atoms with E-state index >= 15 is 0 Å². The van der Waals surface area contributed by atoms with Crippen LogP contribution in [0.5, 0.6) is 0 Å². The Balaban J connectivity index is 2.08. The predicted octanol–water partition coefficient (Wildman–Crippen LogP) is 3.46. The van der Waals surface area contributed by atoms with Gasteiger partial charge in [-0.15, -0.1) is 11.8 Å². The molecule has 3 nitrogen and oxygen atoms in total. The van der Waals surface area contributed by atoms with E-state index in [1.54, 1.807) is 23.9 Å². The van der Waals surface area contributed by atoms with E-state index in [-0.39, 0.29) is 12.2 Å². The fourth-order valence-corrected chi connectivity index (χ4v) is 3.55. The highest BCUT2D eigenvalue weighted by Crippen LogP contribution is 2.34. The number of fused-ring (bicyclic) bond motifs is 2. The van der Waals surface area contributed by atoms with Gasteiger partial charge in [0.1, 0.15) is 0 Å². The van der Waals surface area contributed by atoms with E-state index in [1.807, 2.05) is 31.2 Å². The van der Waals surface area contributed by atoms with Crippen molar-refractivity contribution in [2.24, 2.45) is 0 Å². The summed E-state index contributed by atoms with van der Waals surface area (Å²) in [4.78, 5) is 24.5. The number of carboxylic acid groups (broad SMARTS) is 1. The van der Waals surface area contributed by atoms with E-state index in [9.17, 15) is 9.59 Å². The summed E-state index contributed by atoms with van der Waals surface area (Å²) in [6.45, 7) is 2.01. The van der Waals surface area contributed by atoms with Crippen molar-refractivity contribution >= 4 is 23.5 Å². The fraction of sp³-hybridized carbons (Fsp3) is 0.176. The first-order valence-corrected chi connectivity index (χ1v) is 7.65. The number of benzene rings is 2. The van der Waals surface area contributed by atoms with E-state index in [1.165, 1.54) is 0 Å². The predicted molar refractivity (Wildman–Crippen MR) is 82.0 cm³/mol. The Bertz CT molecular complexity index is 750. The molecular formula is C17H14O3S. The summed E-state index contributed by atoms with van der Waals surface area (Å²) in [7, 11) is 0. The average molecular weight is 298 g/mol. The number of thioether (sulfide) groups is 1. The molecule has 1 aliphatic rings. The van der Waals surface area contributed by atoms with Gasteiger partial charge in [0.15, 0.2) is 5.78 Å². The van der Waals surface area contributed by atoms with Crippen LogP contribution in [0.25, 0.3) is 0 Å². The van der Waals surface area contributed by atoms with Gasteiger partial charge in [0.2, 0.25) is 0 Å². The molecule has 1 heterocycles. The highest BCUT2D eigenvalue weighted by atomic mass is 32.2. The molecule has 0 radical (unpaired) electrons. The van der Waals surface area contributed by atoms with Gasteiger partial charge in [0, 0.05) is 21.8 Å². The molecule has 0 saturated carbocycles. The first kappa shape index (κ1) is 13.9. The second-order valence-corrected chi connectivity index (χ2v) is 6.20. The van der Waals surface area contributed by atoms with Crippen LogP contribution in [0.1, 0.15) is 32.6 Å². The summed E-state index contributed by atoms with van der Waals surface area (Å²) in [5.74, 6) is -0.148. The van der Waals surface area contributed by atoms with Gasteiger partial charge >= 0.3 is 5.97 Å². The Morgan fingerprint density at radius 3 is 2.76 bits per heavy atom. The van der Waals surface area contributed by atoms with Crippen molar-refractivity contribution in [3.8, 4) is 0 Å². The molecule has 0 fully saturated rings. The Labute approximate surface area is 127 Å². The lowest BCUT2D eigenvalue weighted by Crippen LogP contribution is -2.06. The Hall–Kier alpha value is -2.07. The van der Waals surface area contributed by atoms with Crippen molar-refractivity contribution in [2.75, 3.05) is 0 Å². The number of aryl methyl sites for hydroxylation is 1. The third-order valence-electron chi connectivity index (χ3n) is 3.53. The van der Waals surface area contributed by atoms with Crippen LogP contribution < -0.4 is 0 Å². The van der Waals surface area contributed by atoms with Gasteiger partial charge in [-0.05, 0) is 30.2 Å². The number of ketones is 1. The van der Waals surface area contributed by atoms with Crippen LogP contribution in [0.2, 0.25) is 0 Å². The molecule has 2 aromatic rings. The van der Waals surface area contributed by atoms with Crippen molar-refractivity contribution in [3.05, 3.63) is 64.2 Å². The lowest BCUT2D eigenvalue weighted by atomic mass is 9.96. The Kier molecular flexibility index (Phi) is 3.55. The maximum absolute atomic E-state index is 12.7.